The van der Waals surface area contributed by atoms with Crippen LogP contribution in [0.4, 0.5) is 4.79 Å². The summed E-state index contributed by atoms with van der Waals surface area (Å²) >= 11 is 0. The minimum absolute atomic E-state index is 0.0141. The Labute approximate surface area is 138 Å². The third-order valence-electron chi connectivity index (χ3n) is 5.33. The fraction of sp³-hybridized carbons (Fsp3) is 0.933. The lowest BCUT2D eigenvalue weighted by Gasteiger charge is -2.35. The average molecular weight is 344 g/mol. The normalized spacial score (nSPS) is 30.2. The van der Waals surface area contributed by atoms with Gasteiger partial charge in [-0.05, 0) is 38.6 Å². The highest BCUT2D eigenvalue weighted by Gasteiger charge is 2.37. The molecular formula is C15H28N4O3S. The van der Waals surface area contributed by atoms with E-state index in [1.165, 1.54) is 32.1 Å². The van der Waals surface area contributed by atoms with Crippen LogP contribution < -0.4 is 10.0 Å². The molecule has 3 fully saturated rings. The highest BCUT2D eigenvalue weighted by atomic mass is 32.2. The van der Waals surface area contributed by atoms with Gasteiger partial charge in [0.2, 0.25) is 10.0 Å². The zero-order valence-electron chi connectivity index (χ0n) is 13.8. The van der Waals surface area contributed by atoms with Crippen molar-refractivity contribution in [2.24, 2.45) is 0 Å². The van der Waals surface area contributed by atoms with Crippen LogP contribution in [0.3, 0.4) is 0 Å². The number of fused-ring (bicyclic) bond motifs is 1. The lowest BCUT2D eigenvalue weighted by atomic mass is 9.99. The van der Waals surface area contributed by atoms with Crippen molar-refractivity contribution >= 4 is 16.1 Å². The van der Waals surface area contributed by atoms with E-state index in [0.717, 1.165) is 13.0 Å². The van der Waals surface area contributed by atoms with E-state index in [4.69, 9.17) is 0 Å². The molecule has 2 unspecified atom stereocenters. The first-order chi connectivity index (χ1) is 10.9. The van der Waals surface area contributed by atoms with Crippen molar-refractivity contribution in [2.45, 2.75) is 56.7 Å². The van der Waals surface area contributed by atoms with Gasteiger partial charge in [0, 0.05) is 37.8 Å². The molecule has 3 aliphatic rings. The molecule has 7 nitrogen and oxygen atoms in total. The maximum Gasteiger partial charge on any atom is 0.317 e. The fourth-order valence-corrected chi connectivity index (χ4v) is 5.01. The van der Waals surface area contributed by atoms with Crippen molar-refractivity contribution in [3.63, 3.8) is 0 Å². The van der Waals surface area contributed by atoms with Gasteiger partial charge in [-0.25, -0.2) is 17.9 Å². The smallest absolute Gasteiger partial charge is 0.317 e. The molecule has 3 aliphatic heterocycles. The van der Waals surface area contributed by atoms with Gasteiger partial charge in [0.1, 0.15) is 0 Å². The number of carbonyl (C=O) groups excluding carboxylic acids is 1. The van der Waals surface area contributed by atoms with Crippen molar-refractivity contribution in [2.75, 3.05) is 32.4 Å². The predicted octanol–water partition coefficient (Wildman–Crippen LogP) is 0.336. The Balaban J connectivity index is 1.46. The topological polar surface area (TPSA) is 81.8 Å². The molecule has 3 saturated heterocycles. The first-order valence-corrected chi connectivity index (χ1v) is 10.6. The molecule has 0 aromatic carbocycles. The maximum atomic E-state index is 12.5. The van der Waals surface area contributed by atoms with Crippen LogP contribution in [0, 0.1) is 0 Å². The van der Waals surface area contributed by atoms with Crippen LogP contribution >= 0.6 is 0 Å². The van der Waals surface area contributed by atoms with Crippen molar-refractivity contribution in [1.82, 2.24) is 19.8 Å². The molecule has 0 radical (unpaired) electrons. The number of hydrogen-bond donors (Lipinski definition) is 2. The van der Waals surface area contributed by atoms with Gasteiger partial charge < -0.3 is 10.2 Å². The molecule has 0 spiro atoms. The van der Waals surface area contributed by atoms with Crippen LogP contribution in [0.5, 0.6) is 0 Å². The lowest BCUT2D eigenvalue weighted by Crippen LogP contribution is -2.53. The molecule has 0 aromatic rings. The van der Waals surface area contributed by atoms with Gasteiger partial charge in [-0.1, -0.05) is 6.42 Å². The summed E-state index contributed by atoms with van der Waals surface area (Å²) in [5.41, 5.74) is 0. The molecule has 0 aromatic heterocycles. The highest BCUT2D eigenvalue weighted by Crippen LogP contribution is 2.27. The number of nitrogens with zero attached hydrogens (tertiary/aromatic N) is 2. The predicted molar refractivity (Wildman–Crippen MR) is 88.7 cm³/mol. The Morgan fingerprint density at radius 2 is 1.74 bits per heavy atom. The summed E-state index contributed by atoms with van der Waals surface area (Å²) in [6.45, 7) is 3.48. The maximum absolute atomic E-state index is 12.5. The zero-order valence-corrected chi connectivity index (χ0v) is 14.6. The van der Waals surface area contributed by atoms with Crippen molar-refractivity contribution in [3.05, 3.63) is 0 Å². The van der Waals surface area contributed by atoms with Crippen LogP contribution in [0.2, 0.25) is 0 Å². The van der Waals surface area contributed by atoms with Crippen LogP contribution in [0.15, 0.2) is 0 Å². The molecule has 0 aliphatic carbocycles. The van der Waals surface area contributed by atoms with Gasteiger partial charge in [0.05, 0.1) is 6.26 Å². The number of amides is 2. The van der Waals surface area contributed by atoms with Gasteiger partial charge in [-0.2, -0.15) is 0 Å². The lowest BCUT2D eigenvalue weighted by molar-refractivity contribution is 0.159. The molecule has 3 heterocycles. The summed E-state index contributed by atoms with van der Waals surface area (Å²) in [6, 6.07) is 0.751. The van der Waals surface area contributed by atoms with E-state index in [1.54, 1.807) is 0 Å². The molecule has 0 saturated carbocycles. The Morgan fingerprint density at radius 3 is 2.43 bits per heavy atom. The molecule has 23 heavy (non-hydrogen) atoms. The van der Waals surface area contributed by atoms with Crippen molar-refractivity contribution in [3.8, 4) is 0 Å². The third-order valence-corrected chi connectivity index (χ3v) is 6.09. The van der Waals surface area contributed by atoms with E-state index in [0.29, 0.717) is 32.0 Å². The van der Waals surface area contributed by atoms with E-state index in [1.807, 2.05) is 4.90 Å². The number of sulfonamides is 1. The van der Waals surface area contributed by atoms with Crippen molar-refractivity contribution in [1.29, 1.82) is 0 Å². The van der Waals surface area contributed by atoms with E-state index >= 15 is 0 Å². The Bertz CT molecular complexity index is 531. The summed E-state index contributed by atoms with van der Waals surface area (Å²) in [5.74, 6) is 0. The zero-order chi connectivity index (χ0) is 16.4. The van der Waals surface area contributed by atoms with Crippen LogP contribution in [-0.4, -0.2) is 74.8 Å². The minimum atomic E-state index is -3.17. The van der Waals surface area contributed by atoms with Crippen LogP contribution in [-0.2, 0) is 10.0 Å². The third kappa shape index (κ3) is 4.36. The fourth-order valence-electron chi connectivity index (χ4n) is 4.17. The van der Waals surface area contributed by atoms with Gasteiger partial charge in [0.25, 0.3) is 0 Å². The number of nitrogens with one attached hydrogen (secondary N) is 2. The first kappa shape index (κ1) is 17.0. The molecular weight excluding hydrogens is 316 g/mol. The molecule has 132 valence electrons. The van der Waals surface area contributed by atoms with Crippen LogP contribution in [0.25, 0.3) is 0 Å². The molecule has 2 N–H and O–H groups in total. The van der Waals surface area contributed by atoms with E-state index in [2.05, 4.69) is 14.9 Å². The number of rotatable bonds is 3. The minimum Gasteiger partial charge on any atom is -0.334 e. The summed E-state index contributed by atoms with van der Waals surface area (Å²) in [5, 5.41) is 3.22. The first-order valence-electron chi connectivity index (χ1n) is 8.69. The Morgan fingerprint density at radius 1 is 1.00 bits per heavy atom. The van der Waals surface area contributed by atoms with E-state index < -0.39 is 10.0 Å². The largest absolute Gasteiger partial charge is 0.334 e. The second kappa shape index (κ2) is 6.94. The average Bonchev–Trinajstić information content (AvgIpc) is 2.90. The Kier molecular flexibility index (Phi) is 5.13. The molecule has 8 heteroatoms. The van der Waals surface area contributed by atoms with Crippen LogP contribution in [0.1, 0.15) is 38.5 Å². The number of likely N-dealkylation sites (tertiary alicyclic amines) is 1. The number of urea groups is 1. The highest BCUT2D eigenvalue weighted by molar-refractivity contribution is 7.88. The second-order valence-electron chi connectivity index (χ2n) is 7.10. The Hall–Kier alpha value is -0.860. The van der Waals surface area contributed by atoms with Gasteiger partial charge in [0.15, 0.2) is 0 Å². The van der Waals surface area contributed by atoms with E-state index in [-0.39, 0.29) is 18.1 Å². The molecule has 3 rings (SSSR count). The van der Waals surface area contributed by atoms with Gasteiger partial charge in [-0.15, -0.1) is 0 Å². The van der Waals surface area contributed by atoms with Gasteiger partial charge in [-0.3, -0.25) is 4.90 Å². The summed E-state index contributed by atoms with van der Waals surface area (Å²) < 4.78 is 25.2. The molecule has 0 bridgehead atoms. The SMILES string of the molecule is CS(=O)(=O)NC1CCN(C(=O)NC2CCN3CCCCC23)CC1. The standard InChI is InChI=1S/C15H28N4O3S/c1-23(21,22)17-12-5-9-19(10-6-12)15(20)16-13-7-11-18-8-3-2-4-14(13)18/h12-14,17H,2-11H2,1H3,(H,16,20). The molecule has 2 amide bonds. The van der Waals surface area contributed by atoms with Gasteiger partial charge >= 0.3 is 6.03 Å². The van der Waals surface area contributed by atoms with E-state index in [9.17, 15) is 13.2 Å². The quantitative estimate of drug-likeness (QED) is 0.773. The summed E-state index contributed by atoms with van der Waals surface area (Å²) in [7, 11) is -3.17. The summed E-state index contributed by atoms with van der Waals surface area (Å²) in [4.78, 5) is 16.8. The number of carbonyl (C=O) groups is 1. The number of hydrogen-bond acceptors (Lipinski definition) is 4. The monoisotopic (exact) mass is 344 g/mol. The molecule has 2 atom stereocenters. The second-order valence-corrected chi connectivity index (χ2v) is 8.88. The summed E-state index contributed by atoms with van der Waals surface area (Å²) in [6.07, 6.45) is 7.31. The van der Waals surface area contributed by atoms with Crippen molar-refractivity contribution < 1.29 is 13.2 Å². The number of piperidine rings is 2.